The first-order valence-electron chi connectivity index (χ1n) is 14.6. The molecule has 239 valence electrons. The second-order valence-electron chi connectivity index (χ2n) is 11.6. The van der Waals surface area contributed by atoms with E-state index >= 15 is 0 Å². The summed E-state index contributed by atoms with van der Waals surface area (Å²) in [6, 6.07) is 5.02. The van der Waals surface area contributed by atoms with Crippen LogP contribution in [0.2, 0.25) is 0 Å². The van der Waals surface area contributed by atoms with Crippen LogP contribution in [0.4, 0.5) is 0 Å². The number of allylic oxidation sites excluding steroid dienone is 1. The molecule has 3 aliphatic rings. The number of carboxylic acids is 3. The maximum absolute atomic E-state index is 13.7. The number of hydrogen-bond acceptors (Lipinski definition) is 6. The summed E-state index contributed by atoms with van der Waals surface area (Å²) < 4.78 is 0. The zero-order valence-corrected chi connectivity index (χ0v) is 26.4. The average Bonchev–Trinajstić information content (AvgIpc) is 3.72. The average molecular weight is 670 g/mol. The molecule has 3 aromatic heterocycles. The zero-order valence-electron chi connectivity index (χ0n) is 25.4. The zero-order chi connectivity index (χ0) is 32.5. The SMILES string of the molecule is C=Cc1c(C)c2cc3nc(c4c5[n-]c(cc6nc(cc1[n-]2)C(C(=O)O)=C6CC)c(C)c5C(=O)C4C(=O)O)C(CCC(=O)O)C3C.[Cu+2]. The Hall–Kier alpha value is -4.80. The Bertz CT molecular complexity index is 2090. The van der Waals surface area contributed by atoms with E-state index in [9.17, 15) is 34.5 Å². The smallest absolute Gasteiger partial charge is 0.657 e. The van der Waals surface area contributed by atoms with Crippen LogP contribution >= 0.6 is 0 Å². The largest absolute Gasteiger partial charge is 2.00 e. The van der Waals surface area contributed by atoms with Crippen LogP contribution in [0.25, 0.3) is 39.3 Å². The fourth-order valence-corrected chi connectivity index (χ4v) is 6.84. The number of aromatic nitrogens is 4. The van der Waals surface area contributed by atoms with Crippen molar-refractivity contribution < 1.29 is 51.6 Å². The number of fused-ring (bicyclic) bond motifs is 8. The van der Waals surface area contributed by atoms with Crippen molar-refractivity contribution in [2.24, 2.45) is 0 Å². The van der Waals surface area contributed by atoms with E-state index in [1.54, 1.807) is 31.2 Å². The summed E-state index contributed by atoms with van der Waals surface area (Å²) in [7, 11) is 0. The van der Waals surface area contributed by atoms with Crippen molar-refractivity contribution in [2.75, 3.05) is 0 Å². The Morgan fingerprint density at radius 2 is 1.65 bits per heavy atom. The molecule has 0 spiro atoms. The molecule has 1 aliphatic carbocycles. The Balaban J connectivity index is 0.00000417. The number of nitrogens with zero attached hydrogens (tertiary/aromatic N) is 4. The first-order chi connectivity index (χ1) is 21.4. The number of carboxylic acid groups (broad SMARTS) is 3. The molecule has 5 heterocycles. The Kier molecular flexibility index (Phi) is 8.40. The van der Waals surface area contributed by atoms with Gasteiger partial charge in [0.25, 0.3) is 0 Å². The first-order valence-corrected chi connectivity index (χ1v) is 14.6. The van der Waals surface area contributed by atoms with Crippen LogP contribution in [0.1, 0.15) is 106 Å². The van der Waals surface area contributed by atoms with Gasteiger partial charge in [0.15, 0.2) is 5.78 Å². The Labute approximate surface area is 274 Å². The third kappa shape index (κ3) is 4.89. The van der Waals surface area contributed by atoms with Crippen LogP contribution in [0.15, 0.2) is 24.8 Å². The molecule has 2 aliphatic heterocycles. The molecule has 3 aromatic rings. The van der Waals surface area contributed by atoms with Crippen LogP contribution in [-0.4, -0.2) is 49.0 Å². The summed E-state index contributed by atoms with van der Waals surface area (Å²) in [5.41, 5.74) is 5.81. The standard InChI is InChI=1S/C34H32N4O7.Cu/c1-6-16-13(3)19-10-20-14(4)18(8-9-25(39)40)30(37-20)28-29(34(44)45)32(41)26-15(5)21(38-31(26)28)11-23-17(7-2)27(33(42)43)24(36-23)12-22(16)35-19;/h6,10-12,14,18,29H,1,7-9H2,2-5H3,(H5,35,36,37,38,39,40,41,42,43,44,45);/q;+2/p-2. The van der Waals surface area contributed by atoms with Gasteiger partial charge in [-0.3, -0.25) is 19.4 Å². The van der Waals surface area contributed by atoms with Gasteiger partial charge >= 0.3 is 35.0 Å². The first kappa shape index (κ1) is 32.6. The molecule has 11 nitrogen and oxygen atoms in total. The van der Waals surface area contributed by atoms with Gasteiger partial charge < -0.3 is 25.3 Å². The van der Waals surface area contributed by atoms with Gasteiger partial charge in [-0.2, -0.15) is 0 Å². The van der Waals surface area contributed by atoms with Gasteiger partial charge in [0.1, 0.15) is 5.92 Å². The minimum Gasteiger partial charge on any atom is -0.657 e. The van der Waals surface area contributed by atoms with Gasteiger partial charge in [-0.1, -0.05) is 49.8 Å². The van der Waals surface area contributed by atoms with E-state index in [4.69, 9.17) is 19.9 Å². The monoisotopic (exact) mass is 669 g/mol. The van der Waals surface area contributed by atoms with Crippen molar-refractivity contribution >= 4 is 63.0 Å². The van der Waals surface area contributed by atoms with Crippen molar-refractivity contribution in [1.82, 2.24) is 19.9 Å². The van der Waals surface area contributed by atoms with Crippen molar-refractivity contribution in [1.29, 1.82) is 0 Å². The minimum absolute atomic E-state index is 0. The summed E-state index contributed by atoms with van der Waals surface area (Å²) in [5.74, 6) is -6.49. The van der Waals surface area contributed by atoms with Crippen molar-refractivity contribution in [3.63, 3.8) is 0 Å². The Morgan fingerprint density at radius 3 is 2.26 bits per heavy atom. The summed E-state index contributed by atoms with van der Waals surface area (Å²) in [5, 5.41) is 30.0. The molecule has 12 heteroatoms. The predicted molar refractivity (Wildman–Crippen MR) is 166 cm³/mol. The maximum atomic E-state index is 13.7. The molecule has 3 N–H and O–H groups in total. The van der Waals surface area contributed by atoms with Crippen LogP contribution in [0.5, 0.6) is 0 Å². The maximum Gasteiger partial charge on any atom is 2.00 e. The van der Waals surface area contributed by atoms with Crippen molar-refractivity contribution in [2.45, 2.75) is 64.7 Å². The number of carbonyl (C=O) groups is 4. The number of rotatable bonds is 7. The second kappa shape index (κ2) is 11.8. The number of hydrogen-bond donors (Lipinski definition) is 3. The molecule has 3 atom stereocenters. The molecule has 0 saturated carbocycles. The van der Waals surface area contributed by atoms with E-state index in [0.29, 0.717) is 56.8 Å². The molecule has 0 amide bonds. The molecule has 6 rings (SSSR count). The number of carbonyl (C=O) groups excluding carboxylic acids is 1. The molecular weight excluding hydrogens is 640 g/mol. The van der Waals surface area contributed by atoms with Crippen LogP contribution < -0.4 is 9.97 Å². The summed E-state index contributed by atoms with van der Waals surface area (Å²) in [6.07, 6.45) is 1.99. The van der Waals surface area contributed by atoms with Gasteiger partial charge in [0.05, 0.1) is 17.0 Å². The van der Waals surface area contributed by atoms with Crippen LogP contribution in [0, 0.1) is 13.8 Å². The van der Waals surface area contributed by atoms with Gasteiger partial charge in [-0.25, -0.2) is 9.78 Å². The normalized spacial score (nSPS) is 18.4. The quantitative estimate of drug-likeness (QED) is 0.218. The summed E-state index contributed by atoms with van der Waals surface area (Å²) in [6.45, 7) is 11.2. The number of Topliss-reactive ketones (excluding diaryl/α,β-unsaturated/α-hetero) is 1. The molecule has 1 radical (unpaired) electrons. The van der Waals surface area contributed by atoms with Crippen LogP contribution in [-0.2, 0) is 31.5 Å². The van der Waals surface area contributed by atoms with Crippen molar-refractivity contribution in [3.8, 4) is 0 Å². The van der Waals surface area contributed by atoms with E-state index < -0.39 is 35.5 Å². The third-order valence-electron chi connectivity index (χ3n) is 9.16. The summed E-state index contributed by atoms with van der Waals surface area (Å²) in [4.78, 5) is 69.7. The minimum atomic E-state index is -1.55. The van der Waals surface area contributed by atoms with E-state index in [1.807, 2.05) is 20.8 Å². The Morgan fingerprint density at radius 1 is 0.978 bits per heavy atom. The molecule has 46 heavy (non-hydrogen) atoms. The second-order valence-corrected chi connectivity index (χ2v) is 11.6. The van der Waals surface area contributed by atoms with E-state index in [2.05, 4.69) is 6.58 Å². The van der Waals surface area contributed by atoms with Gasteiger partial charge in [0.2, 0.25) is 0 Å². The number of aryl methyl sites for hydroxylation is 2. The van der Waals surface area contributed by atoms with Gasteiger partial charge in [-0.05, 0) is 49.5 Å². The summed E-state index contributed by atoms with van der Waals surface area (Å²) >= 11 is 0. The number of ketones is 1. The fourth-order valence-electron chi connectivity index (χ4n) is 6.84. The van der Waals surface area contributed by atoms with Crippen molar-refractivity contribution in [3.05, 3.63) is 75.4 Å². The van der Waals surface area contributed by atoms with Crippen LogP contribution in [0.3, 0.4) is 0 Å². The predicted octanol–water partition coefficient (Wildman–Crippen LogP) is 5.35. The molecule has 0 saturated heterocycles. The van der Waals surface area contributed by atoms with E-state index in [-0.39, 0.29) is 63.7 Å². The van der Waals surface area contributed by atoms with E-state index in [0.717, 1.165) is 5.56 Å². The molecule has 3 unspecified atom stereocenters. The molecule has 8 bridgehead atoms. The molecule has 0 aromatic carbocycles. The number of aliphatic carboxylic acids is 3. The van der Waals surface area contributed by atoms with E-state index in [1.165, 1.54) is 0 Å². The third-order valence-corrected chi connectivity index (χ3v) is 9.16. The topological polar surface area (TPSA) is 183 Å². The fraction of sp³-hybridized carbons (Fsp3) is 0.294. The van der Waals surface area contributed by atoms with Gasteiger partial charge in [0, 0.05) is 35.2 Å². The molecule has 0 fully saturated rings. The van der Waals surface area contributed by atoms with Gasteiger partial charge in [-0.15, -0.1) is 22.1 Å². The molecular formula is C34H30CuN4O7.